The lowest BCUT2D eigenvalue weighted by Gasteiger charge is -2.10. The molecule has 4 aromatic rings. The van der Waals surface area contributed by atoms with Gasteiger partial charge in [0.1, 0.15) is 0 Å². The maximum Gasteiger partial charge on any atom is 0.416 e. The molecule has 4 rings (SSSR count). The number of alkyl halides is 3. The molecule has 2 aromatic heterocycles. The number of pyridine rings is 1. The molecule has 162 valence electrons. The molecule has 0 fully saturated rings. The van der Waals surface area contributed by atoms with E-state index in [1.807, 2.05) is 30.3 Å². The quantitative estimate of drug-likeness (QED) is 0.429. The van der Waals surface area contributed by atoms with Crippen LogP contribution >= 0.6 is 0 Å². The van der Waals surface area contributed by atoms with E-state index in [0.717, 1.165) is 17.8 Å². The summed E-state index contributed by atoms with van der Waals surface area (Å²) in [6, 6.07) is 15.4. The highest BCUT2D eigenvalue weighted by molar-refractivity contribution is 5.93. The van der Waals surface area contributed by atoms with Crippen LogP contribution in [0.4, 0.5) is 18.9 Å². The van der Waals surface area contributed by atoms with Crippen LogP contribution < -0.4 is 5.32 Å². The first-order valence-electron chi connectivity index (χ1n) is 9.56. The Bertz CT molecular complexity index is 1240. The number of nitrogens with zero attached hydrogens (tertiary/aromatic N) is 3. The van der Waals surface area contributed by atoms with Crippen molar-refractivity contribution in [2.75, 3.05) is 5.32 Å². The predicted octanol–water partition coefficient (Wildman–Crippen LogP) is 5.26. The standard InChI is InChI=1S/C23H17F3N4O2/c24-23(25,26)17-8-6-15(7-9-17)21-16(14-30(29-21)18-4-2-1-3-5-18)12-28-20-13-27-11-10-19(20)22(31)32/h1-11,13-14,28H,12H2,(H,31,32). The summed E-state index contributed by atoms with van der Waals surface area (Å²) in [5.41, 5.74) is 2.08. The second-order valence-electron chi connectivity index (χ2n) is 6.94. The monoisotopic (exact) mass is 438 g/mol. The molecule has 0 saturated carbocycles. The summed E-state index contributed by atoms with van der Waals surface area (Å²) < 4.78 is 40.5. The van der Waals surface area contributed by atoms with Gasteiger partial charge in [0, 0.05) is 30.1 Å². The second-order valence-corrected chi connectivity index (χ2v) is 6.94. The molecule has 9 heteroatoms. The van der Waals surface area contributed by atoms with Crippen LogP contribution in [0.2, 0.25) is 0 Å². The molecule has 0 aliphatic heterocycles. The first-order valence-corrected chi connectivity index (χ1v) is 9.56. The third-order valence-corrected chi connectivity index (χ3v) is 4.82. The first-order chi connectivity index (χ1) is 15.3. The number of rotatable bonds is 6. The minimum Gasteiger partial charge on any atom is -0.478 e. The van der Waals surface area contributed by atoms with E-state index in [1.54, 1.807) is 10.9 Å². The van der Waals surface area contributed by atoms with Gasteiger partial charge in [-0.15, -0.1) is 0 Å². The number of benzene rings is 2. The Morgan fingerprint density at radius 2 is 1.75 bits per heavy atom. The minimum absolute atomic E-state index is 0.0616. The number of aromatic carboxylic acids is 1. The molecule has 0 aliphatic carbocycles. The van der Waals surface area contributed by atoms with Crippen LogP contribution in [-0.4, -0.2) is 25.8 Å². The first kappa shape index (κ1) is 21.1. The summed E-state index contributed by atoms with van der Waals surface area (Å²) in [6.07, 6.45) is 0.116. The summed E-state index contributed by atoms with van der Waals surface area (Å²) in [7, 11) is 0. The van der Waals surface area contributed by atoms with Gasteiger partial charge in [-0.25, -0.2) is 9.48 Å². The van der Waals surface area contributed by atoms with Gasteiger partial charge in [-0.1, -0.05) is 30.3 Å². The van der Waals surface area contributed by atoms with Gasteiger partial charge in [-0.05, 0) is 30.3 Å². The van der Waals surface area contributed by atoms with E-state index in [2.05, 4.69) is 15.4 Å². The number of carboxylic acids is 1. The van der Waals surface area contributed by atoms with Crippen LogP contribution in [0, 0.1) is 0 Å². The van der Waals surface area contributed by atoms with Gasteiger partial charge in [0.05, 0.1) is 34.4 Å². The van der Waals surface area contributed by atoms with Crippen LogP contribution in [0.1, 0.15) is 21.5 Å². The molecule has 0 unspecified atom stereocenters. The van der Waals surface area contributed by atoms with Gasteiger partial charge in [-0.2, -0.15) is 18.3 Å². The molecule has 2 N–H and O–H groups in total. The van der Waals surface area contributed by atoms with E-state index in [4.69, 9.17) is 0 Å². The molecule has 0 radical (unpaired) electrons. The Hall–Kier alpha value is -4.14. The Balaban J connectivity index is 1.71. The molecule has 0 spiro atoms. The fraction of sp³-hybridized carbons (Fsp3) is 0.0870. The van der Waals surface area contributed by atoms with Crippen LogP contribution in [-0.2, 0) is 12.7 Å². The van der Waals surface area contributed by atoms with Crippen LogP contribution in [0.3, 0.4) is 0 Å². The van der Waals surface area contributed by atoms with Crippen molar-refractivity contribution in [2.24, 2.45) is 0 Å². The SMILES string of the molecule is O=C(O)c1ccncc1NCc1cn(-c2ccccc2)nc1-c1ccc(C(F)(F)F)cc1. The zero-order valence-electron chi connectivity index (χ0n) is 16.5. The number of aromatic nitrogens is 3. The number of hydrogen-bond acceptors (Lipinski definition) is 4. The number of anilines is 1. The molecular weight excluding hydrogens is 421 g/mol. The normalized spacial score (nSPS) is 11.3. The van der Waals surface area contributed by atoms with Crippen molar-refractivity contribution in [1.82, 2.24) is 14.8 Å². The van der Waals surface area contributed by atoms with E-state index in [9.17, 15) is 23.1 Å². The van der Waals surface area contributed by atoms with E-state index >= 15 is 0 Å². The molecule has 0 amide bonds. The molecule has 0 atom stereocenters. The third kappa shape index (κ3) is 4.46. The van der Waals surface area contributed by atoms with Crippen molar-refractivity contribution in [2.45, 2.75) is 12.7 Å². The van der Waals surface area contributed by atoms with Crippen LogP contribution in [0.5, 0.6) is 0 Å². The second kappa shape index (κ2) is 8.54. The largest absolute Gasteiger partial charge is 0.478 e. The lowest BCUT2D eigenvalue weighted by atomic mass is 10.1. The molecule has 32 heavy (non-hydrogen) atoms. The van der Waals surface area contributed by atoms with Gasteiger partial charge in [-0.3, -0.25) is 4.98 Å². The molecule has 6 nitrogen and oxygen atoms in total. The highest BCUT2D eigenvalue weighted by Crippen LogP contribution is 2.32. The Kier molecular flexibility index (Phi) is 5.63. The summed E-state index contributed by atoms with van der Waals surface area (Å²) >= 11 is 0. The number of carboxylic acid groups (broad SMARTS) is 1. The maximum absolute atomic E-state index is 13.0. The van der Waals surface area contributed by atoms with Gasteiger partial charge >= 0.3 is 12.1 Å². The van der Waals surface area contributed by atoms with Crippen molar-refractivity contribution < 1.29 is 23.1 Å². The average molecular weight is 438 g/mol. The molecule has 2 heterocycles. The molecular formula is C23H17F3N4O2. The smallest absolute Gasteiger partial charge is 0.416 e. The summed E-state index contributed by atoms with van der Waals surface area (Å²) in [5.74, 6) is -1.10. The summed E-state index contributed by atoms with van der Waals surface area (Å²) in [6.45, 7) is 0.190. The minimum atomic E-state index is -4.43. The van der Waals surface area contributed by atoms with Crippen molar-refractivity contribution in [3.05, 3.63) is 95.9 Å². The molecule has 2 aromatic carbocycles. The van der Waals surface area contributed by atoms with Crippen molar-refractivity contribution in [3.63, 3.8) is 0 Å². The lowest BCUT2D eigenvalue weighted by molar-refractivity contribution is -0.137. The van der Waals surface area contributed by atoms with Gasteiger partial charge in [0.25, 0.3) is 0 Å². The Morgan fingerprint density at radius 3 is 2.41 bits per heavy atom. The number of nitrogens with one attached hydrogen (secondary N) is 1. The zero-order chi connectivity index (χ0) is 22.7. The van der Waals surface area contributed by atoms with Crippen molar-refractivity contribution in [1.29, 1.82) is 0 Å². The predicted molar refractivity (Wildman–Crippen MR) is 113 cm³/mol. The molecule has 0 bridgehead atoms. The van der Waals surface area contributed by atoms with E-state index in [0.29, 0.717) is 22.5 Å². The van der Waals surface area contributed by atoms with E-state index in [1.165, 1.54) is 30.6 Å². The summed E-state index contributed by atoms with van der Waals surface area (Å²) in [4.78, 5) is 15.4. The summed E-state index contributed by atoms with van der Waals surface area (Å²) in [5, 5.41) is 17.0. The average Bonchev–Trinajstić information content (AvgIpc) is 3.22. The number of hydrogen-bond donors (Lipinski definition) is 2. The fourth-order valence-corrected chi connectivity index (χ4v) is 3.22. The molecule has 0 aliphatic rings. The Morgan fingerprint density at radius 1 is 1.03 bits per heavy atom. The Labute approximate surface area is 181 Å². The van der Waals surface area contributed by atoms with Crippen molar-refractivity contribution in [3.8, 4) is 16.9 Å². The van der Waals surface area contributed by atoms with Gasteiger partial charge in [0.15, 0.2) is 0 Å². The van der Waals surface area contributed by atoms with Crippen LogP contribution in [0.15, 0.2) is 79.3 Å². The zero-order valence-corrected chi connectivity index (χ0v) is 16.5. The highest BCUT2D eigenvalue weighted by atomic mass is 19.4. The topological polar surface area (TPSA) is 80.0 Å². The van der Waals surface area contributed by atoms with Crippen molar-refractivity contribution >= 4 is 11.7 Å². The third-order valence-electron chi connectivity index (χ3n) is 4.82. The number of carbonyl (C=O) groups is 1. The fourth-order valence-electron chi connectivity index (χ4n) is 3.22. The lowest BCUT2D eigenvalue weighted by Crippen LogP contribution is -2.07. The van der Waals surface area contributed by atoms with E-state index < -0.39 is 17.7 Å². The van der Waals surface area contributed by atoms with E-state index in [-0.39, 0.29) is 12.1 Å². The highest BCUT2D eigenvalue weighted by Gasteiger charge is 2.30. The number of para-hydroxylation sites is 1. The maximum atomic E-state index is 13.0. The molecule has 0 saturated heterocycles. The van der Waals surface area contributed by atoms with Gasteiger partial charge < -0.3 is 10.4 Å². The van der Waals surface area contributed by atoms with Crippen LogP contribution in [0.25, 0.3) is 16.9 Å². The van der Waals surface area contributed by atoms with Gasteiger partial charge in [0.2, 0.25) is 0 Å². The number of halogens is 3.